The summed E-state index contributed by atoms with van der Waals surface area (Å²) in [5, 5.41) is 13.9. The first kappa shape index (κ1) is 14.8. The summed E-state index contributed by atoms with van der Waals surface area (Å²) in [5.74, 6) is -0.211. The van der Waals surface area contributed by atoms with Crippen molar-refractivity contribution in [1.82, 2.24) is 14.9 Å². The van der Waals surface area contributed by atoms with Gasteiger partial charge in [0.1, 0.15) is 0 Å². The van der Waals surface area contributed by atoms with Crippen molar-refractivity contribution in [1.29, 1.82) is 0 Å². The van der Waals surface area contributed by atoms with Crippen LogP contribution in [0.15, 0.2) is 67.5 Å². The lowest BCUT2D eigenvalue weighted by Gasteiger charge is -2.15. The highest BCUT2D eigenvalue weighted by Crippen LogP contribution is 2.16. The van der Waals surface area contributed by atoms with Crippen LogP contribution < -0.4 is 10.0 Å². The van der Waals surface area contributed by atoms with E-state index in [1.54, 1.807) is 12.5 Å². The second-order valence-electron chi connectivity index (χ2n) is 5.20. The standard InChI is InChI=1S/C17H16N4O2/c1-13(19-17(22)15-6-9-21(23)10-7-15)14-2-4-16(5-3-14)20-11-8-18-12-20/h2-13H,1H3,(H,19,22). The largest absolute Gasteiger partial charge is 0.619 e. The van der Waals surface area contributed by atoms with Crippen LogP contribution in [0.25, 0.3) is 5.69 Å². The normalized spacial score (nSPS) is 11.9. The van der Waals surface area contributed by atoms with Crippen LogP contribution in [-0.4, -0.2) is 15.5 Å². The number of carbonyl (C=O) groups excluding carboxylic acids is 1. The van der Waals surface area contributed by atoms with Gasteiger partial charge < -0.3 is 15.1 Å². The van der Waals surface area contributed by atoms with Gasteiger partial charge in [0.25, 0.3) is 5.91 Å². The molecular weight excluding hydrogens is 292 g/mol. The van der Waals surface area contributed by atoms with E-state index < -0.39 is 0 Å². The summed E-state index contributed by atoms with van der Waals surface area (Å²) in [6, 6.07) is 10.7. The topological polar surface area (TPSA) is 73.9 Å². The number of imidazole rings is 1. The molecular formula is C17H16N4O2. The maximum Gasteiger partial charge on any atom is 0.252 e. The number of amides is 1. The molecule has 6 heteroatoms. The first-order valence-corrected chi connectivity index (χ1v) is 7.21. The molecule has 0 bridgehead atoms. The molecule has 0 saturated heterocycles. The van der Waals surface area contributed by atoms with Crippen LogP contribution >= 0.6 is 0 Å². The summed E-state index contributed by atoms with van der Waals surface area (Å²) >= 11 is 0. The highest BCUT2D eigenvalue weighted by atomic mass is 16.5. The minimum absolute atomic E-state index is 0.140. The van der Waals surface area contributed by atoms with Crippen molar-refractivity contribution in [2.75, 3.05) is 0 Å². The quantitative estimate of drug-likeness (QED) is 0.592. The van der Waals surface area contributed by atoms with Crippen molar-refractivity contribution in [2.24, 2.45) is 0 Å². The molecule has 2 heterocycles. The van der Waals surface area contributed by atoms with Gasteiger partial charge in [0.15, 0.2) is 12.4 Å². The minimum atomic E-state index is -0.211. The second kappa shape index (κ2) is 6.31. The van der Waals surface area contributed by atoms with E-state index in [-0.39, 0.29) is 11.9 Å². The number of nitrogens with one attached hydrogen (secondary N) is 1. The Labute approximate surface area is 133 Å². The molecule has 0 aliphatic carbocycles. The SMILES string of the molecule is CC(NC(=O)c1cc[n+]([O-])cc1)c1ccc(-n2ccnc2)cc1. The van der Waals surface area contributed by atoms with E-state index in [1.165, 1.54) is 24.5 Å². The number of benzene rings is 1. The Balaban J connectivity index is 1.69. The average molecular weight is 308 g/mol. The summed E-state index contributed by atoms with van der Waals surface area (Å²) in [5.41, 5.74) is 2.46. The number of nitrogens with zero attached hydrogens (tertiary/aromatic N) is 3. The third-order valence-electron chi connectivity index (χ3n) is 3.61. The lowest BCUT2D eigenvalue weighted by molar-refractivity contribution is -0.605. The smallest absolute Gasteiger partial charge is 0.252 e. The Kier molecular flexibility index (Phi) is 4.05. The number of carbonyl (C=O) groups is 1. The first-order valence-electron chi connectivity index (χ1n) is 7.21. The number of rotatable bonds is 4. The number of hydrogen-bond donors (Lipinski definition) is 1. The molecule has 23 heavy (non-hydrogen) atoms. The predicted molar refractivity (Wildman–Crippen MR) is 84.8 cm³/mol. The molecule has 1 atom stereocenters. The Morgan fingerprint density at radius 3 is 2.52 bits per heavy atom. The van der Waals surface area contributed by atoms with Gasteiger partial charge in [-0.25, -0.2) is 4.98 Å². The number of pyridine rings is 1. The zero-order chi connectivity index (χ0) is 16.2. The maximum absolute atomic E-state index is 12.2. The fourth-order valence-electron chi connectivity index (χ4n) is 2.27. The molecule has 1 unspecified atom stereocenters. The van der Waals surface area contributed by atoms with Crippen LogP contribution in [-0.2, 0) is 0 Å². The van der Waals surface area contributed by atoms with E-state index in [4.69, 9.17) is 0 Å². The van der Waals surface area contributed by atoms with Crippen molar-refractivity contribution in [3.8, 4) is 5.69 Å². The molecule has 6 nitrogen and oxygen atoms in total. The molecule has 0 radical (unpaired) electrons. The highest BCUT2D eigenvalue weighted by molar-refractivity contribution is 5.94. The minimum Gasteiger partial charge on any atom is -0.619 e. The van der Waals surface area contributed by atoms with Crippen molar-refractivity contribution >= 4 is 5.91 Å². The molecule has 0 aliphatic rings. The fraction of sp³-hybridized carbons (Fsp3) is 0.118. The number of hydrogen-bond acceptors (Lipinski definition) is 3. The van der Waals surface area contributed by atoms with Gasteiger partial charge in [-0.1, -0.05) is 12.1 Å². The lowest BCUT2D eigenvalue weighted by atomic mass is 10.1. The molecule has 116 valence electrons. The van der Waals surface area contributed by atoms with Crippen LogP contribution in [0, 0.1) is 5.21 Å². The van der Waals surface area contributed by atoms with Gasteiger partial charge in [0, 0.05) is 30.2 Å². The Morgan fingerprint density at radius 2 is 1.91 bits per heavy atom. The molecule has 1 aromatic carbocycles. The third-order valence-corrected chi connectivity index (χ3v) is 3.61. The molecule has 1 amide bonds. The molecule has 0 aliphatic heterocycles. The molecule has 0 saturated carbocycles. The van der Waals surface area contributed by atoms with Gasteiger partial charge in [-0.15, -0.1) is 0 Å². The lowest BCUT2D eigenvalue weighted by Crippen LogP contribution is -2.29. The fourth-order valence-corrected chi connectivity index (χ4v) is 2.27. The number of aromatic nitrogens is 3. The average Bonchev–Trinajstić information content (AvgIpc) is 3.10. The molecule has 2 aromatic heterocycles. The monoisotopic (exact) mass is 308 g/mol. The van der Waals surface area contributed by atoms with Crippen LogP contribution in [0.1, 0.15) is 28.9 Å². The Hall–Kier alpha value is -3.15. The van der Waals surface area contributed by atoms with Crippen molar-refractivity contribution < 1.29 is 9.52 Å². The molecule has 0 spiro atoms. The zero-order valence-corrected chi connectivity index (χ0v) is 12.6. The zero-order valence-electron chi connectivity index (χ0n) is 12.6. The van der Waals surface area contributed by atoms with Gasteiger partial charge in [-0.2, -0.15) is 4.73 Å². The van der Waals surface area contributed by atoms with Crippen molar-refractivity contribution in [2.45, 2.75) is 13.0 Å². The van der Waals surface area contributed by atoms with E-state index >= 15 is 0 Å². The second-order valence-corrected chi connectivity index (χ2v) is 5.20. The summed E-state index contributed by atoms with van der Waals surface area (Å²) in [6.45, 7) is 1.92. The van der Waals surface area contributed by atoms with E-state index in [0.29, 0.717) is 10.3 Å². The summed E-state index contributed by atoms with van der Waals surface area (Å²) in [6.07, 6.45) is 7.94. The van der Waals surface area contributed by atoms with Crippen LogP contribution in [0.3, 0.4) is 0 Å². The molecule has 0 fully saturated rings. The van der Waals surface area contributed by atoms with Gasteiger partial charge >= 0.3 is 0 Å². The van der Waals surface area contributed by atoms with E-state index in [2.05, 4.69) is 10.3 Å². The Morgan fingerprint density at radius 1 is 1.22 bits per heavy atom. The van der Waals surface area contributed by atoms with Gasteiger partial charge in [0.05, 0.1) is 17.9 Å². The van der Waals surface area contributed by atoms with Crippen LogP contribution in [0.4, 0.5) is 0 Å². The maximum atomic E-state index is 12.2. The van der Waals surface area contributed by atoms with E-state index in [9.17, 15) is 10.0 Å². The highest BCUT2D eigenvalue weighted by Gasteiger charge is 2.12. The third kappa shape index (κ3) is 3.37. The van der Waals surface area contributed by atoms with Crippen molar-refractivity contribution in [3.05, 3.63) is 83.8 Å². The van der Waals surface area contributed by atoms with Gasteiger partial charge in [0.2, 0.25) is 0 Å². The van der Waals surface area contributed by atoms with E-state index in [0.717, 1.165) is 11.3 Å². The summed E-state index contributed by atoms with van der Waals surface area (Å²) in [7, 11) is 0. The molecule has 3 aromatic rings. The predicted octanol–water partition coefficient (Wildman–Crippen LogP) is 2.00. The first-order chi connectivity index (χ1) is 11.1. The van der Waals surface area contributed by atoms with Gasteiger partial charge in [-0.05, 0) is 24.6 Å². The Bertz CT molecular complexity index is 780. The van der Waals surface area contributed by atoms with Gasteiger partial charge in [-0.3, -0.25) is 4.79 Å². The van der Waals surface area contributed by atoms with Crippen LogP contribution in [0.2, 0.25) is 0 Å². The van der Waals surface area contributed by atoms with Crippen LogP contribution in [0.5, 0.6) is 0 Å². The summed E-state index contributed by atoms with van der Waals surface area (Å²) < 4.78 is 2.56. The van der Waals surface area contributed by atoms with E-state index in [1.807, 2.05) is 42.0 Å². The van der Waals surface area contributed by atoms with Crippen molar-refractivity contribution in [3.63, 3.8) is 0 Å². The molecule has 3 rings (SSSR count). The summed E-state index contributed by atoms with van der Waals surface area (Å²) in [4.78, 5) is 16.2. The molecule has 1 N–H and O–H groups in total.